The minimum atomic E-state index is 1.05. The van der Waals surface area contributed by atoms with Crippen molar-refractivity contribution in [1.82, 2.24) is 39.2 Å². The molecular formula is C34H66N8. The standard InChI is InChI=1S/C34H66N8/c1-35-15-7-17-39(5)27-29-41(21-9-19-37(3)25-23-35)31-33-11-13-34(14-12-33)32-42-22-10-20-38(4)26-24-36(2)16-8-18-40(6)28-30-42/h11-14H,7-10,15-32H2,1-6H3. The van der Waals surface area contributed by atoms with Crippen molar-refractivity contribution in [3.63, 3.8) is 0 Å². The fourth-order valence-electron chi connectivity index (χ4n) is 6.13. The maximum Gasteiger partial charge on any atom is 0.0234 e. The molecule has 1 aromatic rings. The van der Waals surface area contributed by atoms with Crippen molar-refractivity contribution in [3.8, 4) is 0 Å². The molecule has 0 spiro atoms. The minimum absolute atomic E-state index is 1.05. The molecule has 2 aliphatic heterocycles. The fourth-order valence-corrected chi connectivity index (χ4v) is 6.13. The highest BCUT2D eigenvalue weighted by Crippen LogP contribution is 2.12. The van der Waals surface area contributed by atoms with Gasteiger partial charge in [0.05, 0.1) is 0 Å². The molecule has 2 fully saturated rings. The van der Waals surface area contributed by atoms with E-state index in [0.717, 1.165) is 52.4 Å². The Morgan fingerprint density at radius 3 is 0.857 bits per heavy atom. The molecule has 3 rings (SSSR count). The minimum Gasteiger partial charge on any atom is -0.305 e. The largest absolute Gasteiger partial charge is 0.305 e. The second-order valence-corrected chi connectivity index (χ2v) is 13.6. The second kappa shape index (κ2) is 20.0. The predicted molar refractivity (Wildman–Crippen MR) is 180 cm³/mol. The lowest BCUT2D eigenvalue weighted by Gasteiger charge is -2.29. The lowest BCUT2D eigenvalue weighted by atomic mass is 10.1. The highest BCUT2D eigenvalue weighted by atomic mass is 15.2. The van der Waals surface area contributed by atoms with Crippen LogP contribution in [0, 0.1) is 0 Å². The van der Waals surface area contributed by atoms with Crippen LogP contribution in [0.25, 0.3) is 0 Å². The highest BCUT2D eigenvalue weighted by Gasteiger charge is 2.13. The first-order valence-electron chi connectivity index (χ1n) is 16.9. The van der Waals surface area contributed by atoms with Gasteiger partial charge in [-0.3, -0.25) is 9.80 Å². The van der Waals surface area contributed by atoms with Gasteiger partial charge in [-0.15, -0.1) is 0 Å². The van der Waals surface area contributed by atoms with Crippen LogP contribution in [0.2, 0.25) is 0 Å². The Labute approximate surface area is 260 Å². The molecule has 2 heterocycles. The molecule has 2 aliphatic rings. The number of likely N-dealkylation sites (N-methyl/N-ethyl adjacent to an activating group) is 6. The van der Waals surface area contributed by atoms with Crippen LogP contribution in [0.1, 0.15) is 36.8 Å². The number of rotatable bonds is 4. The third-order valence-corrected chi connectivity index (χ3v) is 9.35. The molecule has 0 N–H and O–H groups in total. The van der Waals surface area contributed by atoms with Crippen LogP contribution < -0.4 is 0 Å². The van der Waals surface area contributed by atoms with Gasteiger partial charge in [0.1, 0.15) is 0 Å². The maximum atomic E-state index is 2.68. The molecule has 0 unspecified atom stereocenters. The van der Waals surface area contributed by atoms with Crippen LogP contribution in [-0.2, 0) is 13.1 Å². The Morgan fingerprint density at radius 2 is 0.571 bits per heavy atom. The number of hydrogen-bond donors (Lipinski definition) is 0. The topological polar surface area (TPSA) is 25.9 Å². The first kappa shape index (κ1) is 35.4. The third kappa shape index (κ3) is 15.1. The summed E-state index contributed by atoms with van der Waals surface area (Å²) in [6, 6.07) is 9.58. The van der Waals surface area contributed by atoms with E-state index in [9.17, 15) is 0 Å². The monoisotopic (exact) mass is 587 g/mol. The summed E-state index contributed by atoms with van der Waals surface area (Å²) in [5.74, 6) is 0. The summed E-state index contributed by atoms with van der Waals surface area (Å²) in [6.07, 6.45) is 4.97. The zero-order valence-corrected chi connectivity index (χ0v) is 28.4. The van der Waals surface area contributed by atoms with Gasteiger partial charge in [0, 0.05) is 65.4 Å². The summed E-state index contributed by atoms with van der Waals surface area (Å²) < 4.78 is 0. The Balaban J connectivity index is 1.54. The van der Waals surface area contributed by atoms with Crippen molar-refractivity contribution >= 4 is 0 Å². The lowest BCUT2D eigenvalue weighted by Crippen LogP contribution is -2.38. The van der Waals surface area contributed by atoms with Gasteiger partial charge < -0.3 is 29.4 Å². The summed E-state index contributed by atoms with van der Waals surface area (Å²) in [5.41, 5.74) is 2.90. The van der Waals surface area contributed by atoms with Crippen molar-refractivity contribution in [3.05, 3.63) is 35.4 Å². The Morgan fingerprint density at radius 1 is 0.333 bits per heavy atom. The van der Waals surface area contributed by atoms with Crippen molar-refractivity contribution < 1.29 is 0 Å². The molecule has 0 radical (unpaired) electrons. The number of hydrogen-bond acceptors (Lipinski definition) is 8. The Bertz CT molecular complexity index is 753. The van der Waals surface area contributed by atoms with Crippen molar-refractivity contribution in [2.45, 2.75) is 38.8 Å². The zero-order chi connectivity index (χ0) is 30.2. The van der Waals surface area contributed by atoms with Crippen LogP contribution in [0.3, 0.4) is 0 Å². The summed E-state index contributed by atoms with van der Waals surface area (Å²) in [7, 11) is 13.7. The molecule has 0 amide bonds. The van der Waals surface area contributed by atoms with Gasteiger partial charge in [-0.1, -0.05) is 24.3 Å². The van der Waals surface area contributed by atoms with E-state index >= 15 is 0 Å². The third-order valence-electron chi connectivity index (χ3n) is 9.35. The van der Waals surface area contributed by atoms with Gasteiger partial charge in [0.25, 0.3) is 0 Å². The van der Waals surface area contributed by atoms with E-state index in [4.69, 9.17) is 0 Å². The molecule has 242 valence electrons. The molecule has 8 heteroatoms. The first-order chi connectivity index (χ1) is 20.3. The van der Waals surface area contributed by atoms with Crippen LogP contribution in [0.15, 0.2) is 24.3 Å². The van der Waals surface area contributed by atoms with Gasteiger partial charge in [0.15, 0.2) is 0 Å². The molecule has 1 aromatic carbocycles. The fraction of sp³-hybridized carbons (Fsp3) is 0.824. The Hall–Kier alpha value is -1.10. The van der Waals surface area contributed by atoms with Crippen molar-refractivity contribution in [2.24, 2.45) is 0 Å². The first-order valence-corrected chi connectivity index (χ1v) is 16.9. The van der Waals surface area contributed by atoms with Crippen LogP contribution in [-0.4, -0.2) is 186 Å². The number of benzene rings is 1. The van der Waals surface area contributed by atoms with Gasteiger partial charge in [-0.25, -0.2) is 0 Å². The van der Waals surface area contributed by atoms with Crippen LogP contribution in [0.5, 0.6) is 0 Å². The number of nitrogens with zero attached hydrogens (tertiary/aromatic N) is 8. The Kier molecular flexibility index (Phi) is 16.9. The summed E-state index contributed by atoms with van der Waals surface area (Å²) in [4.78, 5) is 20.4. The van der Waals surface area contributed by atoms with Crippen molar-refractivity contribution in [2.75, 3.05) is 147 Å². The van der Waals surface area contributed by atoms with E-state index in [0.29, 0.717) is 0 Å². The molecule has 0 bridgehead atoms. The average molecular weight is 587 g/mol. The van der Waals surface area contributed by atoms with Crippen LogP contribution >= 0.6 is 0 Å². The zero-order valence-electron chi connectivity index (χ0n) is 28.4. The molecule has 42 heavy (non-hydrogen) atoms. The van der Waals surface area contributed by atoms with Crippen molar-refractivity contribution in [1.29, 1.82) is 0 Å². The van der Waals surface area contributed by atoms with E-state index in [1.54, 1.807) is 0 Å². The summed E-state index contributed by atoms with van der Waals surface area (Å²) >= 11 is 0. The summed E-state index contributed by atoms with van der Waals surface area (Å²) in [5, 5.41) is 0. The van der Waals surface area contributed by atoms with E-state index < -0.39 is 0 Å². The molecule has 0 aliphatic carbocycles. The molecule has 8 nitrogen and oxygen atoms in total. The van der Waals surface area contributed by atoms with E-state index in [2.05, 4.69) is 106 Å². The maximum absolute atomic E-state index is 2.68. The predicted octanol–water partition coefficient (Wildman–Crippen LogP) is 2.47. The van der Waals surface area contributed by atoms with E-state index in [1.807, 2.05) is 0 Å². The quantitative estimate of drug-likeness (QED) is 0.531. The summed E-state index contributed by atoms with van der Waals surface area (Å²) in [6.45, 7) is 20.8. The average Bonchev–Trinajstić information content (AvgIpc) is 2.96. The SMILES string of the molecule is CN1CCCN(C)CCN(Cc2ccc(CN3CCCN(C)CCN(C)CCCN(C)CC3)cc2)CCCN(C)CC1. The van der Waals surface area contributed by atoms with Gasteiger partial charge in [-0.05, 0) is 131 Å². The second-order valence-electron chi connectivity index (χ2n) is 13.6. The molecule has 0 atom stereocenters. The molecular weight excluding hydrogens is 520 g/mol. The molecule has 0 saturated carbocycles. The van der Waals surface area contributed by atoms with Gasteiger partial charge in [-0.2, -0.15) is 0 Å². The van der Waals surface area contributed by atoms with Gasteiger partial charge in [0.2, 0.25) is 0 Å². The van der Waals surface area contributed by atoms with E-state index in [1.165, 1.54) is 102 Å². The molecule has 2 saturated heterocycles. The lowest BCUT2D eigenvalue weighted by molar-refractivity contribution is 0.185. The molecule has 0 aromatic heterocycles. The normalized spacial score (nSPS) is 24.3. The van der Waals surface area contributed by atoms with Crippen LogP contribution in [0.4, 0.5) is 0 Å². The smallest absolute Gasteiger partial charge is 0.0234 e. The highest BCUT2D eigenvalue weighted by molar-refractivity contribution is 5.22. The van der Waals surface area contributed by atoms with Gasteiger partial charge >= 0.3 is 0 Å². The van der Waals surface area contributed by atoms with E-state index in [-0.39, 0.29) is 0 Å².